The van der Waals surface area contributed by atoms with Gasteiger partial charge in [-0.05, 0) is 0 Å². The van der Waals surface area contributed by atoms with E-state index < -0.39 is 18.5 Å². The quantitative estimate of drug-likeness (QED) is 0.723. The standard InChI is InChI=1S/C10H20O5/c1-6-7(5-12-2)15-10(14-4)9(13-3)8(6)11/h6-11H,5H2,1-4H3. The average molecular weight is 220 g/mol. The van der Waals surface area contributed by atoms with Crippen molar-refractivity contribution in [1.29, 1.82) is 0 Å². The molecule has 5 atom stereocenters. The highest BCUT2D eigenvalue weighted by molar-refractivity contribution is 4.87. The molecule has 0 radical (unpaired) electrons. The normalized spacial score (nSPS) is 41.8. The summed E-state index contributed by atoms with van der Waals surface area (Å²) < 4.78 is 20.9. The van der Waals surface area contributed by atoms with Gasteiger partial charge in [0.15, 0.2) is 6.29 Å². The smallest absolute Gasteiger partial charge is 0.186 e. The van der Waals surface area contributed by atoms with Gasteiger partial charge < -0.3 is 24.1 Å². The molecule has 0 aromatic rings. The number of rotatable bonds is 4. The lowest BCUT2D eigenvalue weighted by atomic mass is 9.91. The van der Waals surface area contributed by atoms with E-state index in [1.54, 1.807) is 7.11 Å². The lowest BCUT2D eigenvalue weighted by Crippen LogP contribution is -2.55. The van der Waals surface area contributed by atoms with Crippen LogP contribution in [0.4, 0.5) is 0 Å². The van der Waals surface area contributed by atoms with E-state index in [1.807, 2.05) is 6.92 Å². The van der Waals surface area contributed by atoms with Crippen molar-refractivity contribution in [1.82, 2.24) is 0 Å². The van der Waals surface area contributed by atoms with E-state index in [1.165, 1.54) is 14.2 Å². The van der Waals surface area contributed by atoms with Gasteiger partial charge in [-0.3, -0.25) is 0 Å². The van der Waals surface area contributed by atoms with Crippen LogP contribution in [-0.2, 0) is 18.9 Å². The summed E-state index contributed by atoms with van der Waals surface area (Å²) >= 11 is 0. The number of hydrogen-bond acceptors (Lipinski definition) is 5. The molecule has 15 heavy (non-hydrogen) atoms. The summed E-state index contributed by atoms with van der Waals surface area (Å²) in [6.45, 7) is 2.35. The molecule has 1 N–H and O–H groups in total. The third-order valence-electron chi connectivity index (χ3n) is 2.87. The fourth-order valence-corrected chi connectivity index (χ4v) is 1.85. The summed E-state index contributed by atoms with van der Waals surface area (Å²) in [7, 11) is 4.67. The summed E-state index contributed by atoms with van der Waals surface area (Å²) in [5, 5.41) is 10.00. The molecular weight excluding hydrogens is 200 g/mol. The van der Waals surface area contributed by atoms with Crippen molar-refractivity contribution < 1.29 is 24.1 Å². The predicted molar refractivity (Wildman–Crippen MR) is 53.5 cm³/mol. The lowest BCUT2D eigenvalue weighted by molar-refractivity contribution is -0.286. The van der Waals surface area contributed by atoms with Crippen molar-refractivity contribution in [2.24, 2.45) is 5.92 Å². The fraction of sp³-hybridized carbons (Fsp3) is 1.00. The minimum Gasteiger partial charge on any atom is -0.390 e. The second-order valence-electron chi connectivity index (χ2n) is 3.78. The Morgan fingerprint density at radius 1 is 1.20 bits per heavy atom. The second kappa shape index (κ2) is 5.77. The van der Waals surface area contributed by atoms with Crippen LogP contribution in [0.15, 0.2) is 0 Å². The molecule has 1 saturated heterocycles. The zero-order valence-electron chi connectivity index (χ0n) is 9.67. The van der Waals surface area contributed by atoms with Gasteiger partial charge in [0.1, 0.15) is 6.10 Å². The summed E-state index contributed by atoms with van der Waals surface area (Å²) in [4.78, 5) is 0. The number of methoxy groups -OCH3 is 3. The molecule has 0 aliphatic carbocycles. The summed E-state index contributed by atoms with van der Waals surface area (Å²) in [5.74, 6) is -0.0405. The first-order valence-electron chi connectivity index (χ1n) is 5.03. The highest BCUT2D eigenvalue weighted by Gasteiger charge is 2.43. The van der Waals surface area contributed by atoms with Gasteiger partial charge in [-0.1, -0.05) is 6.92 Å². The Labute approximate surface area is 90.3 Å². The molecule has 5 nitrogen and oxygen atoms in total. The van der Waals surface area contributed by atoms with Crippen molar-refractivity contribution in [3.05, 3.63) is 0 Å². The van der Waals surface area contributed by atoms with Crippen LogP contribution >= 0.6 is 0 Å². The number of aliphatic hydroxyl groups excluding tert-OH is 1. The largest absolute Gasteiger partial charge is 0.390 e. The Morgan fingerprint density at radius 2 is 1.87 bits per heavy atom. The van der Waals surface area contributed by atoms with Gasteiger partial charge in [-0.2, -0.15) is 0 Å². The van der Waals surface area contributed by atoms with E-state index in [0.717, 1.165) is 0 Å². The van der Waals surface area contributed by atoms with Crippen LogP contribution < -0.4 is 0 Å². The maximum atomic E-state index is 10.00. The molecule has 5 unspecified atom stereocenters. The van der Waals surface area contributed by atoms with Gasteiger partial charge in [0.2, 0.25) is 0 Å². The maximum absolute atomic E-state index is 10.00. The van der Waals surface area contributed by atoms with Crippen LogP contribution in [0.2, 0.25) is 0 Å². The van der Waals surface area contributed by atoms with Gasteiger partial charge in [0, 0.05) is 27.2 Å². The van der Waals surface area contributed by atoms with Crippen LogP contribution in [0, 0.1) is 5.92 Å². The maximum Gasteiger partial charge on any atom is 0.186 e. The Balaban J connectivity index is 2.68. The first kappa shape index (κ1) is 12.9. The topological polar surface area (TPSA) is 57.2 Å². The van der Waals surface area contributed by atoms with Crippen LogP contribution in [0.3, 0.4) is 0 Å². The van der Waals surface area contributed by atoms with Gasteiger partial charge in [-0.25, -0.2) is 0 Å². The molecule has 0 aromatic carbocycles. The van der Waals surface area contributed by atoms with E-state index in [0.29, 0.717) is 6.61 Å². The molecule has 0 saturated carbocycles. The van der Waals surface area contributed by atoms with Crippen LogP contribution in [-0.4, -0.2) is 57.6 Å². The summed E-state index contributed by atoms with van der Waals surface area (Å²) in [5.41, 5.74) is 0. The van der Waals surface area contributed by atoms with Gasteiger partial charge >= 0.3 is 0 Å². The van der Waals surface area contributed by atoms with E-state index in [-0.39, 0.29) is 12.0 Å². The van der Waals surface area contributed by atoms with Crippen molar-refractivity contribution in [2.75, 3.05) is 27.9 Å². The number of hydrogen-bond donors (Lipinski definition) is 1. The molecule has 1 aliphatic rings. The molecule has 1 fully saturated rings. The van der Waals surface area contributed by atoms with E-state index >= 15 is 0 Å². The molecule has 90 valence electrons. The van der Waals surface area contributed by atoms with Gasteiger partial charge in [0.25, 0.3) is 0 Å². The van der Waals surface area contributed by atoms with Crippen molar-refractivity contribution in [3.8, 4) is 0 Å². The van der Waals surface area contributed by atoms with Crippen LogP contribution in [0.1, 0.15) is 6.92 Å². The van der Waals surface area contributed by atoms with E-state index in [4.69, 9.17) is 18.9 Å². The van der Waals surface area contributed by atoms with Gasteiger partial charge in [-0.15, -0.1) is 0 Å². The van der Waals surface area contributed by atoms with E-state index in [2.05, 4.69) is 0 Å². The molecule has 0 spiro atoms. The molecule has 1 rings (SSSR count). The van der Waals surface area contributed by atoms with Crippen LogP contribution in [0.5, 0.6) is 0 Å². The third-order valence-corrected chi connectivity index (χ3v) is 2.87. The molecule has 0 aromatic heterocycles. The van der Waals surface area contributed by atoms with Crippen molar-refractivity contribution in [3.63, 3.8) is 0 Å². The zero-order chi connectivity index (χ0) is 11.4. The van der Waals surface area contributed by atoms with Crippen molar-refractivity contribution >= 4 is 0 Å². The fourth-order valence-electron chi connectivity index (χ4n) is 1.85. The second-order valence-corrected chi connectivity index (χ2v) is 3.78. The average Bonchev–Trinajstić information content (AvgIpc) is 2.24. The molecule has 0 bridgehead atoms. The third kappa shape index (κ3) is 2.68. The highest BCUT2D eigenvalue weighted by Crippen LogP contribution is 2.27. The zero-order valence-corrected chi connectivity index (χ0v) is 9.67. The summed E-state index contributed by atoms with van der Waals surface area (Å²) in [6, 6.07) is 0. The lowest BCUT2D eigenvalue weighted by Gasteiger charge is -2.42. The Hall–Kier alpha value is -0.200. The van der Waals surface area contributed by atoms with Gasteiger partial charge in [0.05, 0.1) is 18.8 Å². The van der Waals surface area contributed by atoms with Crippen LogP contribution in [0.25, 0.3) is 0 Å². The predicted octanol–water partition coefficient (Wildman–Crippen LogP) is 0.0161. The van der Waals surface area contributed by atoms with E-state index in [9.17, 15) is 5.11 Å². The minimum atomic E-state index is -0.603. The molecule has 5 heteroatoms. The molecular formula is C10H20O5. The molecule has 1 heterocycles. The first-order chi connectivity index (χ1) is 7.15. The number of aliphatic hydroxyl groups is 1. The highest BCUT2D eigenvalue weighted by atomic mass is 16.7. The summed E-state index contributed by atoms with van der Waals surface area (Å²) in [6.07, 6.45) is -1.75. The Morgan fingerprint density at radius 3 is 2.33 bits per heavy atom. The monoisotopic (exact) mass is 220 g/mol. The van der Waals surface area contributed by atoms with Crippen molar-refractivity contribution in [2.45, 2.75) is 31.5 Å². The molecule has 1 aliphatic heterocycles. The Kier molecular flexibility index (Phi) is 4.95. The molecule has 0 amide bonds. The number of ether oxygens (including phenoxy) is 4. The minimum absolute atomic E-state index is 0.0405. The SMILES string of the molecule is COCC1OC(OC)C(OC)C(O)C1C. The first-order valence-corrected chi connectivity index (χ1v) is 5.03. The Bertz CT molecular complexity index is 183.